The Morgan fingerprint density at radius 3 is 2.93 bits per heavy atom. The summed E-state index contributed by atoms with van der Waals surface area (Å²) in [6.45, 7) is -0.215. The Kier molecular flexibility index (Phi) is 2.66. The van der Waals surface area contributed by atoms with Crippen molar-refractivity contribution in [2.75, 3.05) is 0 Å². The molecule has 78 valence electrons. The molecule has 0 amide bonds. The SMILES string of the molecule is OCc1cn(-c2cc(F)ccc2Cl)nn1. The molecule has 0 fully saturated rings. The quantitative estimate of drug-likeness (QED) is 0.847. The highest BCUT2D eigenvalue weighted by molar-refractivity contribution is 6.32. The lowest BCUT2D eigenvalue weighted by atomic mass is 10.3. The van der Waals surface area contributed by atoms with E-state index in [2.05, 4.69) is 10.3 Å². The molecular formula is C9H7ClFN3O. The molecule has 1 N–H and O–H groups in total. The van der Waals surface area contributed by atoms with Crippen LogP contribution in [0.2, 0.25) is 5.02 Å². The van der Waals surface area contributed by atoms with Crippen molar-refractivity contribution in [3.8, 4) is 5.69 Å². The zero-order valence-corrected chi connectivity index (χ0v) is 8.32. The van der Waals surface area contributed by atoms with E-state index in [1.807, 2.05) is 0 Å². The molecule has 0 aliphatic heterocycles. The van der Waals surface area contributed by atoms with Gasteiger partial charge in [-0.3, -0.25) is 0 Å². The van der Waals surface area contributed by atoms with Gasteiger partial charge in [-0.25, -0.2) is 9.07 Å². The van der Waals surface area contributed by atoms with Gasteiger partial charge in [0.1, 0.15) is 11.5 Å². The minimum atomic E-state index is -0.407. The maximum atomic E-state index is 13.0. The van der Waals surface area contributed by atoms with Gasteiger partial charge in [0, 0.05) is 6.07 Å². The summed E-state index contributed by atoms with van der Waals surface area (Å²) in [7, 11) is 0. The predicted molar refractivity (Wildman–Crippen MR) is 52.2 cm³/mol. The minimum Gasteiger partial charge on any atom is -0.390 e. The maximum absolute atomic E-state index is 13.0. The molecule has 15 heavy (non-hydrogen) atoms. The number of hydrogen-bond acceptors (Lipinski definition) is 3. The van der Waals surface area contributed by atoms with Gasteiger partial charge in [0.05, 0.1) is 23.5 Å². The summed E-state index contributed by atoms with van der Waals surface area (Å²) in [4.78, 5) is 0. The van der Waals surface area contributed by atoms with Crippen molar-refractivity contribution < 1.29 is 9.50 Å². The van der Waals surface area contributed by atoms with Crippen LogP contribution in [0.4, 0.5) is 4.39 Å². The van der Waals surface area contributed by atoms with Gasteiger partial charge in [0.2, 0.25) is 0 Å². The molecule has 1 aromatic carbocycles. The van der Waals surface area contributed by atoms with Gasteiger partial charge >= 0.3 is 0 Å². The lowest BCUT2D eigenvalue weighted by Crippen LogP contribution is -1.96. The second-order valence-corrected chi connectivity index (χ2v) is 3.32. The Hall–Kier alpha value is -1.46. The van der Waals surface area contributed by atoms with Gasteiger partial charge < -0.3 is 5.11 Å². The summed E-state index contributed by atoms with van der Waals surface area (Å²) < 4.78 is 14.3. The number of rotatable bonds is 2. The first-order valence-electron chi connectivity index (χ1n) is 4.18. The number of nitrogens with zero attached hydrogens (tertiary/aromatic N) is 3. The fraction of sp³-hybridized carbons (Fsp3) is 0.111. The molecule has 2 aromatic rings. The van der Waals surface area contributed by atoms with Gasteiger partial charge in [0.15, 0.2) is 0 Å². The van der Waals surface area contributed by atoms with Crippen molar-refractivity contribution >= 4 is 11.6 Å². The molecule has 0 bridgehead atoms. The van der Waals surface area contributed by atoms with Crippen LogP contribution in [0.15, 0.2) is 24.4 Å². The Morgan fingerprint density at radius 2 is 2.27 bits per heavy atom. The van der Waals surface area contributed by atoms with Crippen LogP contribution in [0.1, 0.15) is 5.69 Å². The van der Waals surface area contributed by atoms with Crippen molar-refractivity contribution in [3.05, 3.63) is 40.9 Å². The Morgan fingerprint density at radius 1 is 1.47 bits per heavy atom. The minimum absolute atomic E-state index is 0.215. The van der Waals surface area contributed by atoms with E-state index in [9.17, 15) is 4.39 Å². The van der Waals surface area contributed by atoms with Gasteiger partial charge in [-0.1, -0.05) is 16.8 Å². The first kappa shape index (κ1) is 10.1. The largest absolute Gasteiger partial charge is 0.390 e. The van der Waals surface area contributed by atoms with E-state index in [-0.39, 0.29) is 6.61 Å². The van der Waals surface area contributed by atoms with Crippen LogP contribution < -0.4 is 0 Å². The van der Waals surface area contributed by atoms with Gasteiger partial charge in [-0.05, 0) is 12.1 Å². The third kappa shape index (κ3) is 1.98. The highest BCUT2D eigenvalue weighted by atomic mass is 35.5. The normalized spacial score (nSPS) is 10.6. The summed E-state index contributed by atoms with van der Waals surface area (Å²) in [5.74, 6) is -0.407. The van der Waals surface area contributed by atoms with Crippen LogP contribution in [-0.4, -0.2) is 20.1 Å². The molecule has 6 heteroatoms. The molecule has 4 nitrogen and oxygen atoms in total. The number of aliphatic hydroxyl groups excluding tert-OH is 1. The monoisotopic (exact) mass is 227 g/mol. The number of aliphatic hydroxyl groups is 1. The van der Waals surface area contributed by atoms with Crippen LogP contribution in [-0.2, 0) is 6.61 Å². The van der Waals surface area contributed by atoms with Crippen molar-refractivity contribution in [1.82, 2.24) is 15.0 Å². The number of benzene rings is 1. The summed E-state index contributed by atoms with van der Waals surface area (Å²) in [5, 5.41) is 16.5. The molecule has 0 spiro atoms. The van der Waals surface area contributed by atoms with Gasteiger partial charge in [-0.15, -0.1) is 5.10 Å². The van der Waals surface area contributed by atoms with E-state index in [1.54, 1.807) is 0 Å². The van der Waals surface area contributed by atoms with Crippen molar-refractivity contribution in [1.29, 1.82) is 0 Å². The van der Waals surface area contributed by atoms with E-state index >= 15 is 0 Å². The molecule has 1 aromatic heterocycles. The van der Waals surface area contributed by atoms with E-state index in [0.29, 0.717) is 16.4 Å². The second kappa shape index (κ2) is 3.96. The summed E-state index contributed by atoms with van der Waals surface area (Å²) in [6.07, 6.45) is 1.49. The lowest BCUT2D eigenvalue weighted by Gasteiger charge is -2.02. The fourth-order valence-corrected chi connectivity index (χ4v) is 1.35. The Bertz CT molecular complexity index is 486. The van der Waals surface area contributed by atoms with Crippen molar-refractivity contribution in [3.63, 3.8) is 0 Å². The second-order valence-electron chi connectivity index (χ2n) is 2.91. The number of hydrogen-bond donors (Lipinski definition) is 1. The Labute approximate surface area is 89.9 Å². The van der Waals surface area contributed by atoms with Crippen LogP contribution in [0.3, 0.4) is 0 Å². The molecule has 0 aliphatic rings. The van der Waals surface area contributed by atoms with E-state index in [1.165, 1.54) is 29.1 Å². The fourth-order valence-electron chi connectivity index (χ4n) is 1.15. The molecule has 0 atom stereocenters. The van der Waals surface area contributed by atoms with Gasteiger partial charge in [0.25, 0.3) is 0 Å². The standard InChI is InChI=1S/C9H7ClFN3O/c10-8-2-1-6(11)3-9(8)14-4-7(5-15)12-13-14/h1-4,15H,5H2. The topological polar surface area (TPSA) is 50.9 Å². The summed E-state index contributed by atoms with van der Waals surface area (Å²) in [6, 6.07) is 3.94. The van der Waals surface area contributed by atoms with Crippen molar-refractivity contribution in [2.45, 2.75) is 6.61 Å². The smallest absolute Gasteiger partial charge is 0.125 e. The van der Waals surface area contributed by atoms with E-state index < -0.39 is 5.82 Å². The van der Waals surface area contributed by atoms with Crippen LogP contribution in [0.25, 0.3) is 5.69 Å². The number of halogens is 2. The molecule has 1 heterocycles. The average Bonchev–Trinajstić information content (AvgIpc) is 2.70. The first-order valence-corrected chi connectivity index (χ1v) is 4.56. The third-order valence-corrected chi connectivity index (χ3v) is 2.18. The highest BCUT2D eigenvalue weighted by Crippen LogP contribution is 2.20. The third-order valence-electron chi connectivity index (χ3n) is 1.86. The zero-order chi connectivity index (χ0) is 10.8. The molecular weight excluding hydrogens is 221 g/mol. The van der Waals surface area contributed by atoms with Crippen LogP contribution in [0.5, 0.6) is 0 Å². The lowest BCUT2D eigenvalue weighted by molar-refractivity contribution is 0.276. The summed E-state index contributed by atoms with van der Waals surface area (Å²) in [5.41, 5.74) is 0.791. The zero-order valence-electron chi connectivity index (χ0n) is 7.56. The molecule has 0 saturated heterocycles. The summed E-state index contributed by atoms with van der Waals surface area (Å²) >= 11 is 5.87. The van der Waals surface area contributed by atoms with E-state index in [4.69, 9.17) is 16.7 Å². The van der Waals surface area contributed by atoms with Crippen molar-refractivity contribution in [2.24, 2.45) is 0 Å². The molecule has 0 aliphatic carbocycles. The van der Waals surface area contributed by atoms with Crippen LogP contribution >= 0.6 is 11.6 Å². The van der Waals surface area contributed by atoms with Gasteiger partial charge in [-0.2, -0.15) is 0 Å². The molecule has 2 rings (SSSR count). The maximum Gasteiger partial charge on any atom is 0.125 e. The predicted octanol–water partition coefficient (Wildman–Crippen LogP) is 1.55. The molecule has 0 unspecified atom stereocenters. The first-order chi connectivity index (χ1) is 7.20. The average molecular weight is 228 g/mol. The molecule has 0 saturated carbocycles. The highest BCUT2D eigenvalue weighted by Gasteiger charge is 2.07. The van der Waals surface area contributed by atoms with E-state index in [0.717, 1.165) is 0 Å². The van der Waals surface area contributed by atoms with Crippen LogP contribution in [0, 0.1) is 5.82 Å². The number of aromatic nitrogens is 3. The Balaban J connectivity index is 2.48. The molecule has 0 radical (unpaired) electrons.